The van der Waals surface area contributed by atoms with E-state index in [0.717, 1.165) is 0 Å². The van der Waals surface area contributed by atoms with Gasteiger partial charge in [-0.05, 0) is 13.3 Å². The Morgan fingerprint density at radius 3 is 2.80 bits per heavy atom. The number of ether oxygens (including phenoxy) is 2. The van der Waals surface area contributed by atoms with Gasteiger partial charge in [0.15, 0.2) is 0 Å². The van der Waals surface area contributed by atoms with E-state index in [1.165, 1.54) is 6.92 Å². The van der Waals surface area contributed by atoms with E-state index in [1.54, 1.807) is 0 Å². The van der Waals surface area contributed by atoms with Gasteiger partial charge < -0.3 is 25.3 Å². The lowest BCUT2D eigenvalue weighted by Crippen LogP contribution is -2.49. The molecule has 0 aliphatic carbocycles. The first kappa shape index (κ1) is 12.4. The first-order valence-electron chi connectivity index (χ1n) is 4.92. The van der Waals surface area contributed by atoms with Crippen molar-refractivity contribution in [2.24, 2.45) is 11.7 Å². The fourth-order valence-electron chi connectivity index (χ4n) is 1.32. The molecule has 0 saturated carbocycles. The zero-order valence-electron chi connectivity index (χ0n) is 8.63. The molecule has 0 aromatic rings. The maximum Gasteiger partial charge on any atom is 0.473 e. The van der Waals surface area contributed by atoms with Crippen molar-refractivity contribution in [1.29, 1.82) is 0 Å². The molecule has 1 saturated heterocycles. The van der Waals surface area contributed by atoms with Crippen molar-refractivity contribution in [3.8, 4) is 0 Å². The minimum Gasteiger partial charge on any atom is -0.461 e. The largest absolute Gasteiger partial charge is 0.473 e. The molecule has 0 radical (unpaired) electrons. The highest BCUT2D eigenvalue weighted by Gasteiger charge is 2.31. The summed E-state index contributed by atoms with van der Waals surface area (Å²) in [6, 6.07) is 0. The lowest BCUT2D eigenvalue weighted by atomic mass is 9.77. The summed E-state index contributed by atoms with van der Waals surface area (Å²) in [5, 5.41) is 17.6. The topological polar surface area (TPSA) is 102 Å². The Hall–Kier alpha value is -0.625. The summed E-state index contributed by atoms with van der Waals surface area (Å²) in [5.41, 5.74) is 5.40. The molecule has 6 nitrogen and oxygen atoms in total. The van der Waals surface area contributed by atoms with Gasteiger partial charge in [-0.15, -0.1) is 0 Å². The van der Waals surface area contributed by atoms with Crippen LogP contribution < -0.4 is 5.73 Å². The summed E-state index contributed by atoms with van der Waals surface area (Å²) < 4.78 is 10.0. The SMILES string of the molecule is C[C@@H](OC(=O)C1CCOC1)[C@@H](N)B(O)O. The fraction of sp³-hybridized carbons (Fsp3) is 0.875. The number of esters is 1. The second-order valence-electron chi connectivity index (χ2n) is 3.69. The summed E-state index contributed by atoms with van der Waals surface area (Å²) in [5.74, 6) is -1.64. The highest BCUT2D eigenvalue weighted by Crippen LogP contribution is 2.15. The van der Waals surface area contributed by atoms with E-state index in [2.05, 4.69) is 0 Å². The molecule has 1 rings (SSSR count). The number of rotatable bonds is 4. The molecule has 1 aliphatic rings. The van der Waals surface area contributed by atoms with E-state index in [9.17, 15) is 4.79 Å². The Morgan fingerprint density at radius 2 is 2.33 bits per heavy atom. The van der Waals surface area contributed by atoms with Crippen molar-refractivity contribution in [1.82, 2.24) is 0 Å². The van der Waals surface area contributed by atoms with E-state index in [4.69, 9.17) is 25.3 Å². The Balaban J connectivity index is 2.36. The van der Waals surface area contributed by atoms with E-state index < -0.39 is 25.1 Å². The van der Waals surface area contributed by atoms with E-state index >= 15 is 0 Å². The number of hydrogen-bond acceptors (Lipinski definition) is 6. The van der Waals surface area contributed by atoms with Crippen LogP contribution in [0.4, 0.5) is 0 Å². The van der Waals surface area contributed by atoms with Crippen molar-refractivity contribution < 1.29 is 24.3 Å². The van der Waals surface area contributed by atoms with E-state index in [-0.39, 0.29) is 5.92 Å². The normalized spacial score (nSPS) is 24.7. The summed E-state index contributed by atoms with van der Waals surface area (Å²) in [6.45, 7) is 2.45. The average molecular weight is 217 g/mol. The van der Waals surface area contributed by atoms with Gasteiger partial charge in [-0.2, -0.15) is 0 Å². The van der Waals surface area contributed by atoms with Crippen LogP contribution in [0.5, 0.6) is 0 Å². The Labute approximate surface area is 88.5 Å². The summed E-state index contributed by atoms with van der Waals surface area (Å²) in [4.78, 5) is 11.5. The van der Waals surface area contributed by atoms with Crippen LogP contribution in [0.1, 0.15) is 13.3 Å². The molecule has 1 unspecified atom stereocenters. The first-order valence-corrected chi connectivity index (χ1v) is 4.92. The zero-order chi connectivity index (χ0) is 11.4. The first-order chi connectivity index (χ1) is 7.02. The molecule has 1 fully saturated rings. The van der Waals surface area contributed by atoms with Crippen LogP contribution in [0, 0.1) is 5.92 Å². The van der Waals surface area contributed by atoms with Gasteiger partial charge in [0.1, 0.15) is 6.10 Å². The molecule has 0 spiro atoms. The molecule has 0 aromatic heterocycles. The molecule has 3 atom stereocenters. The molecule has 0 aromatic carbocycles. The molecule has 86 valence electrons. The second kappa shape index (κ2) is 5.46. The molecule has 1 heterocycles. The smallest absolute Gasteiger partial charge is 0.461 e. The van der Waals surface area contributed by atoms with Crippen molar-refractivity contribution in [3.05, 3.63) is 0 Å². The molecule has 15 heavy (non-hydrogen) atoms. The van der Waals surface area contributed by atoms with Gasteiger partial charge in [0.25, 0.3) is 0 Å². The van der Waals surface area contributed by atoms with Gasteiger partial charge in [-0.1, -0.05) is 0 Å². The van der Waals surface area contributed by atoms with Crippen molar-refractivity contribution in [2.45, 2.75) is 25.4 Å². The third-order valence-electron chi connectivity index (χ3n) is 2.45. The molecule has 1 aliphatic heterocycles. The highest BCUT2D eigenvalue weighted by molar-refractivity contribution is 6.43. The summed E-state index contributed by atoms with van der Waals surface area (Å²) >= 11 is 0. The van der Waals surface area contributed by atoms with Crippen LogP contribution >= 0.6 is 0 Å². The minimum atomic E-state index is -1.69. The minimum absolute atomic E-state index is 0.254. The molecular formula is C8H16BNO5. The van der Waals surface area contributed by atoms with Gasteiger partial charge in [-0.3, -0.25) is 4.79 Å². The predicted octanol–water partition coefficient (Wildman–Crippen LogP) is -1.71. The number of hydrogen-bond donors (Lipinski definition) is 3. The summed E-state index contributed by atoms with van der Waals surface area (Å²) in [7, 11) is -1.69. The second-order valence-corrected chi connectivity index (χ2v) is 3.69. The maximum atomic E-state index is 11.5. The molecule has 0 amide bonds. The lowest BCUT2D eigenvalue weighted by molar-refractivity contribution is -0.153. The third kappa shape index (κ3) is 3.46. The molecular weight excluding hydrogens is 201 g/mol. The predicted molar refractivity (Wildman–Crippen MR) is 52.6 cm³/mol. The van der Waals surface area contributed by atoms with Crippen molar-refractivity contribution in [3.63, 3.8) is 0 Å². The zero-order valence-corrected chi connectivity index (χ0v) is 8.63. The quantitative estimate of drug-likeness (QED) is 0.383. The van der Waals surface area contributed by atoms with E-state index in [1.807, 2.05) is 0 Å². The number of carbonyl (C=O) groups is 1. The van der Waals surface area contributed by atoms with Crippen molar-refractivity contribution in [2.75, 3.05) is 13.2 Å². The van der Waals surface area contributed by atoms with Crippen molar-refractivity contribution >= 4 is 13.1 Å². The fourth-order valence-corrected chi connectivity index (χ4v) is 1.32. The summed E-state index contributed by atoms with van der Waals surface area (Å²) in [6.07, 6.45) is -0.0826. The number of carbonyl (C=O) groups excluding carboxylic acids is 1. The lowest BCUT2D eigenvalue weighted by Gasteiger charge is -2.20. The molecule has 0 bridgehead atoms. The average Bonchev–Trinajstić information content (AvgIpc) is 2.68. The van der Waals surface area contributed by atoms with Gasteiger partial charge in [0.05, 0.1) is 18.5 Å². The van der Waals surface area contributed by atoms with Crippen LogP contribution in [0.3, 0.4) is 0 Å². The Morgan fingerprint density at radius 1 is 1.67 bits per heavy atom. The van der Waals surface area contributed by atoms with Crippen LogP contribution in [0.15, 0.2) is 0 Å². The van der Waals surface area contributed by atoms with Crippen LogP contribution in [0.25, 0.3) is 0 Å². The van der Waals surface area contributed by atoms with Crippen LogP contribution in [-0.4, -0.2) is 48.4 Å². The van der Waals surface area contributed by atoms with Gasteiger partial charge in [-0.25, -0.2) is 0 Å². The Bertz CT molecular complexity index is 219. The Kier molecular flexibility index (Phi) is 4.53. The number of nitrogens with two attached hydrogens (primary N) is 1. The molecule has 7 heteroatoms. The van der Waals surface area contributed by atoms with Gasteiger partial charge in [0.2, 0.25) is 0 Å². The molecule has 4 N–H and O–H groups in total. The van der Waals surface area contributed by atoms with Crippen LogP contribution in [-0.2, 0) is 14.3 Å². The monoisotopic (exact) mass is 217 g/mol. The van der Waals surface area contributed by atoms with Crippen LogP contribution in [0.2, 0.25) is 0 Å². The standard InChI is InChI=1S/C8H16BNO5/c1-5(7(10)9(12)13)15-8(11)6-2-3-14-4-6/h5-7,12-13H,2-4,10H2,1H3/t5-,6?,7-/m1/s1. The maximum absolute atomic E-state index is 11.5. The van der Waals surface area contributed by atoms with Gasteiger partial charge in [0, 0.05) is 6.61 Å². The van der Waals surface area contributed by atoms with Gasteiger partial charge >= 0.3 is 13.1 Å². The highest BCUT2D eigenvalue weighted by atomic mass is 16.6. The third-order valence-corrected chi connectivity index (χ3v) is 2.45. The van der Waals surface area contributed by atoms with E-state index in [0.29, 0.717) is 19.6 Å².